The summed E-state index contributed by atoms with van der Waals surface area (Å²) in [5.74, 6) is 0.589. The quantitative estimate of drug-likeness (QED) is 0.214. The number of aliphatic hydroxyl groups excluding tert-OH is 1. The standard InChI is InChI=1S/C29H48ClNO2/c1-4-5-6-7-8-9-10-11-12-13-14-15-16-17-18-19-27(32)24-20-21-26(30)25(22-24)28-31-29(2,3)23-33-28/h20-22,27,32H,4-19,23H2,1-3H3. The normalized spacial score (nSPS) is 16.0. The van der Waals surface area contributed by atoms with Gasteiger partial charge in [-0.3, -0.25) is 0 Å². The van der Waals surface area contributed by atoms with Gasteiger partial charge in [0.2, 0.25) is 5.90 Å². The number of benzene rings is 1. The molecule has 1 aromatic carbocycles. The van der Waals surface area contributed by atoms with Crippen LogP contribution in [-0.4, -0.2) is 23.2 Å². The monoisotopic (exact) mass is 477 g/mol. The minimum Gasteiger partial charge on any atom is -0.475 e. The van der Waals surface area contributed by atoms with E-state index in [1.54, 1.807) is 0 Å². The van der Waals surface area contributed by atoms with Gasteiger partial charge in [0.1, 0.15) is 6.61 Å². The Morgan fingerprint density at radius 1 is 0.879 bits per heavy atom. The first-order valence-corrected chi connectivity index (χ1v) is 14.0. The molecule has 1 unspecified atom stereocenters. The second-order valence-corrected chi connectivity index (χ2v) is 10.9. The van der Waals surface area contributed by atoms with Crippen LogP contribution in [0.15, 0.2) is 23.2 Å². The van der Waals surface area contributed by atoms with Gasteiger partial charge in [-0.05, 0) is 38.0 Å². The Morgan fingerprint density at radius 3 is 1.88 bits per heavy atom. The third-order valence-electron chi connectivity index (χ3n) is 6.65. The van der Waals surface area contributed by atoms with Crippen molar-refractivity contribution in [2.75, 3.05) is 6.61 Å². The average molecular weight is 478 g/mol. The number of unbranched alkanes of at least 4 members (excludes halogenated alkanes) is 14. The van der Waals surface area contributed by atoms with Crippen molar-refractivity contribution in [3.8, 4) is 0 Å². The number of rotatable bonds is 18. The smallest absolute Gasteiger partial charge is 0.218 e. The zero-order valence-corrected chi connectivity index (χ0v) is 22.3. The highest BCUT2D eigenvalue weighted by atomic mass is 35.5. The molecule has 1 aromatic rings. The van der Waals surface area contributed by atoms with Gasteiger partial charge in [0.15, 0.2) is 0 Å². The Bertz CT molecular complexity index is 701. The van der Waals surface area contributed by atoms with Gasteiger partial charge in [-0.25, -0.2) is 4.99 Å². The molecule has 1 heterocycles. The first kappa shape index (κ1) is 28.2. The van der Waals surface area contributed by atoms with Gasteiger partial charge < -0.3 is 9.84 Å². The fraction of sp³-hybridized carbons (Fsp3) is 0.759. The van der Waals surface area contributed by atoms with E-state index in [0.29, 0.717) is 17.5 Å². The highest BCUT2D eigenvalue weighted by Crippen LogP contribution is 2.29. The van der Waals surface area contributed by atoms with Gasteiger partial charge in [0, 0.05) is 0 Å². The molecule has 0 spiro atoms. The van der Waals surface area contributed by atoms with Crippen LogP contribution in [0.3, 0.4) is 0 Å². The van der Waals surface area contributed by atoms with Crippen molar-refractivity contribution in [1.29, 1.82) is 0 Å². The van der Waals surface area contributed by atoms with Crippen molar-refractivity contribution in [3.05, 3.63) is 34.3 Å². The number of nitrogens with zero attached hydrogens (tertiary/aromatic N) is 1. The molecule has 1 aliphatic rings. The molecule has 188 valence electrons. The number of ether oxygens (including phenoxy) is 1. The van der Waals surface area contributed by atoms with E-state index in [4.69, 9.17) is 16.3 Å². The minimum absolute atomic E-state index is 0.221. The molecule has 0 saturated heterocycles. The zero-order valence-electron chi connectivity index (χ0n) is 21.5. The molecule has 4 heteroatoms. The molecule has 3 nitrogen and oxygen atoms in total. The molecule has 1 atom stereocenters. The topological polar surface area (TPSA) is 41.8 Å². The number of aliphatic hydroxyl groups is 1. The highest BCUT2D eigenvalue weighted by molar-refractivity contribution is 6.33. The van der Waals surface area contributed by atoms with E-state index in [-0.39, 0.29) is 5.54 Å². The molecular formula is C29H48ClNO2. The first-order valence-electron chi connectivity index (χ1n) is 13.6. The van der Waals surface area contributed by atoms with E-state index < -0.39 is 6.10 Å². The molecule has 0 aromatic heterocycles. The lowest BCUT2D eigenvalue weighted by Crippen LogP contribution is -2.17. The number of hydrogen-bond acceptors (Lipinski definition) is 3. The molecule has 0 radical (unpaired) electrons. The Kier molecular flexibility index (Phi) is 13.5. The van der Waals surface area contributed by atoms with Crippen molar-refractivity contribution in [1.82, 2.24) is 0 Å². The Balaban J connectivity index is 1.52. The van der Waals surface area contributed by atoms with Crippen molar-refractivity contribution in [3.63, 3.8) is 0 Å². The van der Waals surface area contributed by atoms with Crippen LogP contribution in [0.4, 0.5) is 0 Å². The number of hydrogen-bond donors (Lipinski definition) is 1. The predicted octanol–water partition coefficient (Wildman–Crippen LogP) is 9.19. The van der Waals surface area contributed by atoms with Crippen molar-refractivity contribution >= 4 is 17.5 Å². The molecule has 0 fully saturated rings. The third kappa shape index (κ3) is 11.3. The maximum Gasteiger partial charge on any atom is 0.218 e. The van der Waals surface area contributed by atoms with Crippen LogP contribution in [0, 0.1) is 0 Å². The van der Waals surface area contributed by atoms with E-state index in [2.05, 4.69) is 11.9 Å². The van der Waals surface area contributed by atoms with E-state index in [1.807, 2.05) is 32.0 Å². The van der Waals surface area contributed by atoms with Crippen molar-refractivity contribution in [2.45, 2.75) is 135 Å². The molecular weight excluding hydrogens is 430 g/mol. The first-order chi connectivity index (χ1) is 15.9. The predicted molar refractivity (Wildman–Crippen MR) is 143 cm³/mol. The lowest BCUT2D eigenvalue weighted by molar-refractivity contribution is 0.163. The summed E-state index contributed by atoms with van der Waals surface area (Å²) in [4.78, 5) is 4.63. The van der Waals surface area contributed by atoms with E-state index in [0.717, 1.165) is 24.0 Å². The largest absolute Gasteiger partial charge is 0.475 e. The lowest BCUT2D eigenvalue weighted by atomic mass is 9.99. The van der Waals surface area contributed by atoms with Gasteiger partial charge in [-0.1, -0.05) is 121 Å². The Morgan fingerprint density at radius 2 is 1.39 bits per heavy atom. The van der Waals surface area contributed by atoms with Gasteiger partial charge in [-0.2, -0.15) is 0 Å². The lowest BCUT2D eigenvalue weighted by Gasteiger charge is -2.13. The van der Waals surface area contributed by atoms with E-state index >= 15 is 0 Å². The fourth-order valence-electron chi connectivity index (χ4n) is 4.51. The second-order valence-electron chi connectivity index (χ2n) is 10.5. The zero-order chi connectivity index (χ0) is 23.9. The van der Waals surface area contributed by atoms with Crippen LogP contribution < -0.4 is 0 Å². The molecule has 0 bridgehead atoms. The van der Waals surface area contributed by atoms with Crippen LogP contribution in [0.5, 0.6) is 0 Å². The molecule has 33 heavy (non-hydrogen) atoms. The fourth-order valence-corrected chi connectivity index (χ4v) is 4.71. The van der Waals surface area contributed by atoms with E-state index in [9.17, 15) is 5.11 Å². The number of aliphatic imine (C=N–C) groups is 1. The summed E-state index contributed by atoms with van der Waals surface area (Å²) in [6.45, 7) is 6.93. The highest BCUT2D eigenvalue weighted by Gasteiger charge is 2.28. The SMILES string of the molecule is CCCCCCCCCCCCCCCCCC(O)c1ccc(Cl)c(C2=NC(C)(C)CO2)c1. The summed E-state index contributed by atoms with van der Waals surface area (Å²) in [7, 11) is 0. The van der Waals surface area contributed by atoms with Gasteiger partial charge >= 0.3 is 0 Å². The summed E-state index contributed by atoms with van der Waals surface area (Å²) in [6, 6.07) is 5.71. The summed E-state index contributed by atoms with van der Waals surface area (Å²) in [6.07, 6.45) is 20.6. The summed E-state index contributed by atoms with van der Waals surface area (Å²) in [5, 5.41) is 11.3. The summed E-state index contributed by atoms with van der Waals surface area (Å²) < 4.78 is 5.74. The van der Waals surface area contributed by atoms with Crippen molar-refractivity contribution in [2.24, 2.45) is 4.99 Å². The van der Waals surface area contributed by atoms with Crippen LogP contribution in [0.25, 0.3) is 0 Å². The maximum atomic E-state index is 10.7. The Hall–Kier alpha value is -1.06. The second kappa shape index (κ2) is 15.8. The maximum absolute atomic E-state index is 10.7. The molecule has 0 aliphatic carbocycles. The van der Waals surface area contributed by atoms with Crippen LogP contribution in [0.2, 0.25) is 5.02 Å². The third-order valence-corrected chi connectivity index (χ3v) is 6.98. The van der Waals surface area contributed by atoms with Crippen LogP contribution in [0.1, 0.15) is 141 Å². The Labute approximate surface area is 208 Å². The molecule has 1 N–H and O–H groups in total. The van der Waals surface area contributed by atoms with Gasteiger partial charge in [-0.15, -0.1) is 0 Å². The molecule has 0 amide bonds. The van der Waals surface area contributed by atoms with Crippen LogP contribution in [-0.2, 0) is 4.74 Å². The molecule has 1 aliphatic heterocycles. The molecule has 0 saturated carbocycles. The number of halogens is 1. The summed E-state index contributed by atoms with van der Waals surface area (Å²) in [5.41, 5.74) is 1.47. The minimum atomic E-state index is -0.460. The van der Waals surface area contributed by atoms with Crippen molar-refractivity contribution < 1.29 is 9.84 Å². The average Bonchev–Trinajstić information content (AvgIpc) is 3.16. The molecule has 2 rings (SSSR count). The van der Waals surface area contributed by atoms with Gasteiger partial charge in [0.25, 0.3) is 0 Å². The van der Waals surface area contributed by atoms with Crippen LogP contribution >= 0.6 is 11.6 Å². The van der Waals surface area contributed by atoms with Gasteiger partial charge in [0.05, 0.1) is 22.2 Å². The summed E-state index contributed by atoms with van der Waals surface area (Å²) >= 11 is 6.38. The van der Waals surface area contributed by atoms with E-state index in [1.165, 1.54) is 89.9 Å².